The molecule has 0 aromatic heterocycles. The van der Waals surface area contributed by atoms with Gasteiger partial charge in [-0.2, -0.15) is 0 Å². The van der Waals surface area contributed by atoms with Crippen molar-refractivity contribution < 1.29 is 19.8 Å². The largest absolute Gasteiger partial charge is 0.481 e. The van der Waals surface area contributed by atoms with Gasteiger partial charge in [-0.3, -0.25) is 9.59 Å². The maximum Gasteiger partial charge on any atom is 0.303 e. The van der Waals surface area contributed by atoms with E-state index in [0.717, 1.165) is 38.5 Å². The molecule has 0 aromatic carbocycles. The Morgan fingerprint density at radius 3 is 2.72 bits per heavy atom. The molecule has 2 N–H and O–H groups in total. The lowest BCUT2D eigenvalue weighted by atomic mass is 9.65. The van der Waals surface area contributed by atoms with Crippen LogP contribution in [0.2, 0.25) is 0 Å². The molecular formula is C21H32O4. The second-order valence-electron chi connectivity index (χ2n) is 7.94. The van der Waals surface area contributed by atoms with Crippen LogP contribution in [-0.4, -0.2) is 28.1 Å². The van der Waals surface area contributed by atoms with Gasteiger partial charge in [-0.05, 0) is 43.1 Å². The third-order valence-corrected chi connectivity index (χ3v) is 6.28. The maximum absolute atomic E-state index is 12.1. The molecule has 2 aliphatic rings. The number of fused-ring (bicyclic) bond motifs is 1. The van der Waals surface area contributed by atoms with E-state index < -0.39 is 12.1 Å². The Labute approximate surface area is 151 Å². The van der Waals surface area contributed by atoms with E-state index in [1.54, 1.807) is 6.08 Å². The first-order chi connectivity index (χ1) is 11.9. The molecule has 2 rings (SSSR count). The van der Waals surface area contributed by atoms with Crippen molar-refractivity contribution in [2.24, 2.45) is 23.2 Å². The Morgan fingerprint density at radius 2 is 2.04 bits per heavy atom. The van der Waals surface area contributed by atoms with E-state index in [-0.39, 0.29) is 35.4 Å². The molecule has 140 valence electrons. The van der Waals surface area contributed by atoms with Crippen LogP contribution in [0.15, 0.2) is 24.3 Å². The molecule has 0 heterocycles. The second-order valence-corrected chi connectivity index (χ2v) is 7.94. The Bertz CT molecular complexity index is 536. The number of hydrogen-bond acceptors (Lipinski definition) is 3. The Kier molecular flexibility index (Phi) is 7.00. The summed E-state index contributed by atoms with van der Waals surface area (Å²) in [6, 6.07) is 0. The van der Waals surface area contributed by atoms with E-state index in [2.05, 4.69) is 13.8 Å². The van der Waals surface area contributed by atoms with E-state index in [4.69, 9.17) is 5.11 Å². The summed E-state index contributed by atoms with van der Waals surface area (Å²) in [4.78, 5) is 23.1. The summed E-state index contributed by atoms with van der Waals surface area (Å²) in [5, 5.41) is 20.1. The zero-order chi connectivity index (χ0) is 18.4. The number of carboxylic acid groups (broad SMARTS) is 1. The number of carboxylic acids is 1. The van der Waals surface area contributed by atoms with Gasteiger partial charge in [-0.1, -0.05) is 51.3 Å². The van der Waals surface area contributed by atoms with Gasteiger partial charge in [0.05, 0.1) is 6.10 Å². The van der Waals surface area contributed by atoms with Crippen LogP contribution in [0.1, 0.15) is 65.2 Å². The number of ketones is 1. The molecule has 0 bridgehead atoms. The first-order valence-electron chi connectivity index (χ1n) is 9.68. The molecule has 0 radical (unpaired) electrons. The zero-order valence-electron chi connectivity index (χ0n) is 15.5. The van der Waals surface area contributed by atoms with E-state index in [1.165, 1.54) is 0 Å². The molecule has 0 spiro atoms. The minimum Gasteiger partial charge on any atom is -0.481 e. The van der Waals surface area contributed by atoms with Crippen molar-refractivity contribution in [3.8, 4) is 0 Å². The summed E-state index contributed by atoms with van der Waals surface area (Å²) in [6.07, 6.45) is 13.1. The third kappa shape index (κ3) is 4.81. The van der Waals surface area contributed by atoms with Crippen LogP contribution in [0.5, 0.6) is 0 Å². The molecule has 0 aromatic rings. The highest BCUT2D eigenvalue weighted by molar-refractivity contribution is 5.94. The van der Waals surface area contributed by atoms with E-state index in [1.807, 2.05) is 18.2 Å². The molecule has 0 amide bonds. The van der Waals surface area contributed by atoms with Crippen LogP contribution >= 0.6 is 0 Å². The van der Waals surface area contributed by atoms with E-state index in [9.17, 15) is 14.7 Å². The van der Waals surface area contributed by atoms with Gasteiger partial charge in [-0.15, -0.1) is 0 Å². The highest BCUT2D eigenvalue weighted by Crippen LogP contribution is 2.44. The van der Waals surface area contributed by atoms with E-state index >= 15 is 0 Å². The smallest absolute Gasteiger partial charge is 0.303 e. The van der Waals surface area contributed by atoms with Crippen LogP contribution in [0.25, 0.3) is 0 Å². The summed E-state index contributed by atoms with van der Waals surface area (Å²) in [7, 11) is 0. The molecule has 0 aliphatic heterocycles. The highest BCUT2D eigenvalue weighted by Gasteiger charge is 2.40. The molecule has 2 aliphatic carbocycles. The van der Waals surface area contributed by atoms with Gasteiger partial charge in [0.1, 0.15) is 0 Å². The molecule has 0 saturated carbocycles. The average Bonchev–Trinajstić information content (AvgIpc) is 2.92. The third-order valence-electron chi connectivity index (χ3n) is 6.28. The first kappa shape index (κ1) is 19.9. The Balaban J connectivity index is 2.25. The minimum atomic E-state index is -0.782. The fourth-order valence-corrected chi connectivity index (χ4v) is 4.48. The van der Waals surface area contributed by atoms with Gasteiger partial charge in [0, 0.05) is 18.3 Å². The molecule has 4 heteroatoms. The lowest BCUT2D eigenvalue weighted by Gasteiger charge is -2.42. The number of carbonyl (C=O) groups excluding carboxylic acids is 1. The van der Waals surface area contributed by atoms with Crippen molar-refractivity contribution in [1.29, 1.82) is 0 Å². The number of unbranched alkanes of at least 4 members (excludes halogenated alkanes) is 1. The van der Waals surface area contributed by atoms with Crippen LogP contribution in [0, 0.1) is 23.2 Å². The summed E-state index contributed by atoms with van der Waals surface area (Å²) in [5.41, 5.74) is -0.318. The Morgan fingerprint density at radius 1 is 1.28 bits per heavy atom. The van der Waals surface area contributed by atoms with Crippen molar-refractivity contribution in [3.63, 3.8) is 0 Å². The lowest BCUT2D eigenvalue weighted by Crippen LogP contribution is -2.39. The summed E-state index contributed by atoms with van der Waals surface area (Å²) in [6.45, 7) is 4.25. The predicted molar refractivity (Wildman–Crippen MR) is 98.1 cm³/mol. The number of hydrogen-bond donors (Lipinski definition) is 2. The quantitative estimate of drug-likeness (QED) is 0.708. The first-order valence-corrected chi connectivity index (χ1v) is 9.68. The van der Waals surface area contributed by atoms with Crippen molar-refractivity contribution >= 4 is 11.8 Å². The number of aliphatic hydroxyl groups is 1. The number of aliphatic hydroxyl groups excluding tert-OH is 1. The summed E-state index contributed by atoms with van der Waals surface area (Å²) < 4.78 is 0. The number of carbonyl (C=O) groups is 2. The lowest BCUT2D eigenvalue weighted by molar-refractivity contribution is -0.137. The monoisotopic (exact) mass is 348 g/mol. The maximum atomic E-state index is 12.1. The fourth-order valence-electron chi connectivity index (χ4n) is 4.48. The molecule has 25 heavy (non-hydrogen) atoms. The van der Waals surface area contributed by atoms with Crippen molar-refractivity contribution in [3.05, 3.63) is 24.3 Å². The predicted octanol–water partition coefficient (Wildman–Crippen LogP) is 4.14. The standard InChI is InChI=1S/C21H32O4/c1-3-4-14-21(2)16(10-13-20(24)25)6-5-7-17-15(8-11-18(17)22)9-12-19(21)23/h8-9,11-12,15-17,19,23H,3-7,10,13-14H2,1-2H3,(H,24,25)/b12-9+/t15-,16?,17-,19-,21?/m1/s1. The van der Waals surface area contributed by atoms with Crippen LogP contribution < -0.4 is 0 Å². The normalized spacial score (nSPS) is 36.8. The molecule has 2 unspecified atom stereocenters. The highest BCUT2D eigenvalue weighted by atomic mass is 16.4. The molecule has 0 saturated heterocycles. The number of allylic oxidation sites excluding steroid dienone is 3. The number of rotatable bonds is 6. The molecule has 0 fully saturated rings. The second kappa shape index (κ2) is 8.79. The topological polar surface area (TPSA) is 74.6 Å². The van der Waals surface area contributed by atoms with Gasteiger partial charge in [0.2, 0.25) is 0 Å². The SMILES string of the molecule is CCCCC1(C)C(CCC(=O)O)CCC[C@H]2C(=O)C=C[C@@H]2/C=C/[C@H]1O. The van der Waals surface area contributed by atoms with Crippen molar-refractivity contribution in [2.45, 2.75) is 71.3 Å². The molecule has 5 atom stereocenters. The minimum absolute atomic E-state index is 0.0106. The van der Waals surface area contributed by atoms with Crippen LogP contribution in [-0.2, 0) is 9.59 Å². The Hall–Kier alpha value is -1.42. The number of aliphatic carboxylic acids is 1. The van der Waals surface area contributed by atoms with Gasteiger partial charge < -0.3 is 10.2 Å². The van der Waals surface area contributed by atoms with Gasteiger partial charge >= 0.3 is 5.97 Å². The van der Waals surface area contributed by atoms with Crippen molar-refractivity contribution in [1.82, 2.24) is 0 Å². The molecular weight excluding hydrogens is 316 g/mol. The van der Waals surface area contributed by atoms with Gasteiger partial charge in [0.15, 0.2) is 5.78 Å². The fraction of sp³-hybridized carbons (Fsp3) is 0.714. The summed E-state index contributed by atoms with van der Waals surface area (Å²) in [5.74, 6) is -0.372. The van der Waals surface area contributed by atoms with Crippen molar-refractivity contribution in [2.75, 3.05) is 0 Å². The summed E-state index contributed by atoms with van der Waals surface area (Å²) >= 11 is 0. The zero-order valence-corrected chi connectivity index (χ0v) is 15.5. The average molecular weight is 348 g/mol. The van der Waals surface area contributed by atoms with Crippen LogP contribution in [0.3, 0.4) is 0 Å². The molecule has 4 nitrogen and oxygen atoms in total. The van der Waals surface area contributed by atoms with Crippen LogP contribution in [0.4, 0.5) is 0 Å². The van der Waals surface area contributed by atoms with E-state index in [0.29, 0.717) is 6.42 Å². The van der Waals surface area contributed by atoms with Gasteiger partial charge in [-0.25, -0.2) is 0 Å². The van der Waals surface area contributed by atoms with Gasteiger partial charge in [0.25, 0.3) is 0 Å².